The zero-order valence-electron chi connectivity index (χ0n) is 16.3. The fourth-order valence-corrected chi connectivity index (χ4v) is 3.90. The highest BCUT2D eigenvalue weighted by atomic mass is 16.5. The maximum absolute atomic E-state index is 11.7. The molecule has 2 unspecified atom stereocenters. The first kappa shape index (κ1) is 18.3. The molecule has 0 bridgehead atoms. The highest BCUT2D eigenvalue weighted by molar-refractivity contribution is 5.92. The van der Waals surface area contributed by atoms with Crippen molar-refractivity contribution in [2.75, 3.05) is 12.4 Å². The van der Waals surface area contributed by atoms with E-state index >= 15 is 0 Å². The molecule has 2 heterocycles. The normalized spacial score (nSPS) is 19.4. The number of hydrogen-bond donors (Lipinski definition) is 3. The van der Waals surface area contributed by atoms with Crippen molar-refractivity contribution >= 4 is 22.6 Å². The van der Waals surface area contributed by atoms with Gasteiger partial charge in [-0.05, 0) is 43.0 Å². The first-order valence-electron chi connectivity index (χ1n) is 9.86. The quantitative estimate of drug-likeness (QED) is 0.601. The van der Waals surface area contributed by atoms with Crippen molar-refractivity contribution in [3.8, 4) is 11.5 Å². The molecule has 3 N–H and O–H groups in total. The Kier molecular flexibility index (Phi) is 5.19. The summed E-state index contributed by atoms with van der Waals surface area (Å²) in [5, 5.41) is 7.35. The molecule has 146 valence electrons. The zero-order chi connectivity index (χ0) is 19.5. The van der Waals surface area contributed by atoms with E-state index in [1.54, 1.807) is 25.4 Å². The second kappa shape index (κ2) is 7.92. The van der Waals surface area contributed by atoms with Gasteiger partial charge in [0, 0.05) is 36.8 Å². The Hall–Kier alpha value is -3.02. The lowest BCUT2D eigenvalue weighted by Crippen LogP contribution is -2.26. The molecule has 6 heteroatoms. The topological polar surface area (TPSA) is 79.0 Å². The van der Waals surface area contributed by atoms with Gasteiger partial charge in [0.05, 0.1) is 5.52 Å². The van der Waals surface area contributed by atoms with Gasteiger partial charge in [0.2, 0.25) is 0 Å². The van der Waals surface area contributed by atoms with E-state index in [4.69, 9.17) is 4.74 Å². The van der Waals surface area contributed by atoms with Crippen molar-refractivity contribution in [3.05, 3.63) is 48.3 Å². The molecule has 1 aliphatic rings. The number of benzene rings is 1. The highest BCUT2D eigenvalue weighted by Crippen LogP contribution is 2.30. The molecule has 0 saturated heterocycles. The van der Waals surface area contributed by atoms with Crippen molar-refractivity contribution in [2.45, 2.75) is 38.6 Å². The van der Waals surface area contributed by atoms with Crippen LogP contribution in [0.2, 0.25) is 0 Å². The second-order valence-corrected chi connectivity index (χ2v) is 7.60. The summed E-state index contributed by atoms with van der Waals surface area (Å²) >= 11 is 0. The maximum Gasteiger partial charge on any atom is 0.269 e. The van der Waals surface area contributed by atoms with Crippen LogP contribution in [-0.4, -0.2) is 29.0 Å². The van der Waals surface area contributed by atoms with Crippen molar-refractivity contribution in [2.24, 2.45) is 5.92 Å². The number of H-pyrrole nitrogens is 1. The number of carbonyl (C=O) groups is 1. The number of anilines is 1. The lowest BCUT2D eigenvalue weighted by atomic mass is 9.87. The molecule has 0 radical (unpaired) electrons. The predicted octanol–water partition coefficient (Wildman–Crippen LogP) is 4.71. The number of pyridine rings is 1. The van der Waals surface area contributed by atoms with Crippen LogP contribution in [0.1, 0.15) is 43.1 Å². The molecular weight excluding hydrogens is 352 g/mol. The van der Waals surface area contributed by atoms with Gasteiger partial charge in [-0.25, -0.2) is 0 Å². The van der Waals surface area contributed by atoms with E-state index in [1.165, 1.54) is 25.7 Å². The Balaban J connectivity index is 1.49. The number of rotatable bonds is 5. The standard InChI is InChI=1S/C22H26N4O2/c1-14-4-3-5-16(10-14)25-21-11-15-6-7-17(12-19(15)26-21)28-18-8-9-24-20(13-18)22(27)23-2/h6-9,11-14,16,25-26H,3-5,10H2,1-2H3,(H,23,27). The third kappa shape index (κ3) is 4.11. The number of nitrogens with zero attached hydrogens (tertiary/aromatic N) is 1. The van der Waals surface area contributed by atoms with Crippen LogP contribution in [0.3, 0.4) is 0 Å². The molecule has 0 aliphatic heterocycles. The Labute approximate surface area is 164 Å². The molecule has 2 aromatic heterocycles. The summed E-state index contributed by atoms with van der Waals surface area (Å²) in [5.74, 6) is 2.89. The fraction of sp³-hybridized carbons (Fsp3) is 0.364. The molecule has 1 aromatic carbocycles. The fourth-order valence-electron chi connectivity index (χ4n) is 3.90. The summed E-state index contributed by atoms with van der Waals surface area (Å²) in [5.41, 5.74) is 1.35. The third-order valence-corrected chi connectivity index (χ3v) is 5.32. The lowest BCUT2D eigenvalue weighted by Gasteiger charge is -2.27. The van der Waals surface area contributed by atoms with E-state index in [-0.39, 0.29) is 5.91 Å². The van der Waals surface area contributed by atoms with Crippen molar-refractivity contribution in [3.63, 3.8) is 0 Å². The summed E-state index contributed by atoms with van der Waals surface area (Å²) in [6.45, 7) is 2.33. The van der Waals surface area contributed by atoms with Crippen LogP contribution in [0.25, 0.3) is 10.9 Å². The van der Waals surface area contributed by atoms with Gasteiger partial charge in [0.1, 0.15) is 23.0 Å². The molecule has 4 rings (SSSR count). The number of nitrogens with one attached hydrogen (secondary N) is 3. The summed E-state index contributed by atoms with van der Waals surface area (Å²) in [4.78, 5) is 19.3. The predicted molar refractivity (Wildman–Crippen MR) is 111 cm³/mol. The third-order valence-electron chi connectivity index (χ3n) is 5.32. The number of fused-ring (bicyclic) bond motifs is 1. The van der Waals surface area contributed by atoms with Crippen LogP contribution in [0.5, 0.6) is 11.5 Å². The average molecular weight is 378 g/mol. The molecule has 6 nitrogen and oxygen atoms in total. The van der Waals surface area contributed by atoms with Crippen molar-refractivity contribution in [1.82, 2.24) is 15.3 Å². The van der Waals surface area contributed by atoms with Crippen molar-refractivity contribution < 1.29 is 9.53 Å². The summed E-state index contributed by atoms with van der Waals surface area (Å²) < 4.78 is 5.93. The highest BCUT2D eigenvalue weighted by Gasteiger charge is 2.19. The lowest BCUT2D eigenvalue weighted by molar-refractivity contribution is 0.0958. The minimum atomic E-state index is -0.238. The van der Waals surface area contributed by atoms with E-state index in [9.17, 15) is 4.79 Å². The Morgan fingerprint density at radius 1 is 1.18 bits per heavy atom. The molecule has 1 saturated carbocycles. The van der Waals surface area contributed by atoms with Gasteiger partial charge >= 0.3 is 0 Å². The number of amides is 1. The average Bonchev–Trinajstić information content (AvgIpc) is 3.09. The smallest absolute Gasteiger partial charge is 0.269 e. The van der Waals surface area contributed by atoms with Gasteiger partial charge in [-0.15, -0.1) is 0 Å². The number of aromatic nitrogens is 2. The van der Waals surface area contributed by atoms with Crippen LogP contribution in [-0.2, 0) is 0 Å². The number of carbonyl (C=O) groups excluding carboxylic acids is 1. The molecule has 1 aliphatic carbocycles. The molecule has 2 atom stereocenters. The number of aromatic amines is 1. The SMILES string of the molecule is CNC(=O)c1cc(Oc2ccc3cc(NC4CCCC(C)C4)[nH]c3c2)ccn1. The van der Waals surface area contributed by atoms with Crippen LogP contribution in [0.4, 0.5) is 5.82 Å². The first-order chi connectivity index (χ1) is 13.6. The molecule has 28 heavy (non-hydrogen) atoms. The van der Waals surface area contributed by atoms with E-state index in [0.29, 0.717) is 23.2 Å². The van der Waals surface area contributed by atoms with Crippen LogP contribution < -0.4 is 15.4 Å². The summed E-state index contributed by atoms with van der Waals surface area (Å²) in [6, 6.07) is 12.0. The van der Waals surface area contributed by atoms with Gasteiger partial charge in [0.25, 0.3) is 5.91 Å². The zero-order valence-corrected chi connectivity index (χ0v) is 16.3. The largest absolute Gasteiger partial charge is 0.457 e. The second-order valence-electron chi connectivity index (χ2n) is 7.60. The molecule has 1 amide bonds. The van der Waals surface area contributed by atoms with Gasteiger partial charge in [-0.3, -0.25) is 9.78 Å². The monoisotopic (exact) mass is 378 g/mol. The van der Waals surface area contributed by atoms with E-state index < -0.39 is 0 Å². The van der Waals surface area contributed by atoms with Gasteiger partial charge in [-0.2, -0.15) is 0 Å². The minimum Gasteiger partial charge on any atom is -0.457 e. The van der Waals surface area contributed by atoms with E-state index in [2.05, 4.69) is 33.6 Å². The molecule has 0 spiro atoms. The van der Waals surface area contributed by atoms with Gasteiger partial charge in [-0.1, -0.05) is 19.8 Å². The summed E-state index contributed by atoms with van der Waals surface area (Å²) in [6.07, 6.45) is 6.65. The minimum absolute atomic E-state index is 0.238. The number of hydrogen-bond acceptors (Lipinski definition) is 4. The van der Waals surface area contributed by atoms with E-state index in [0.717, 1.165) is 22.6 Å². The van der Waals surface area contributed by atoms with Gasteiger partial charge in [0.15, 0.2) is 0 Å². The Bertz CT molecular complexity index is 982. The molecular formula is C22H26N4O2. The summed E-state index contributed by atoms with van der Waals surface area (Å²) in [7, 11) is 1.58. The van der Waals surface area contributed by atoms with Crippen LogP contribution in [0.15, 0.2) is 42.6 Å². The maximum atomic E-state index is 11.7. The Morgan fingerprint density at radius 3 is 2.86 bits per heavy atom. The molecule has 3 aromatic rings. The number of ether oxygens (including phenoxy) is 1. The van der Waals surface area contributed by atoms with Crippen LogP contribution >= 0.6 is 0 Å². The van der Waals surface area contributed by atoms with Gasteiger partial charge < -0.3 is 20.4 Å². The Morgan fingerprint density at radius 2 is 2.04 bits per heavy atom. The molecule has 1 fully saturated rings. The van der Waals surface area contributed by atoms with Crippen LogP contribution in [0, 0.1) is 5.92 Å². The van der Waals surface area contributed by atoms with Crippen molar-refractivity contribution in [1.29, 1.82) is 0 Å². The first-order valence-corrected chi connectivity index (χ1v) is 9.86. The van der Waals surface area contributed by atoms with E-state index in [1.807, 2.05) is 18.2 Å².